The predicted molar refractivity (Wildman–Crippen MR) is 108 cm³/mol. The molecule has 0 aliphatic heterocycles. The monoisotopic (exact) mass is 435 g/mol. The quantitative estimate of drug-likeness (QED) is 0.534. The second kappa shape index (κ2) is 10.3. The van der Waals surface area contributed by atoms with Gasteiger partial charge in [0.2, 0.25) is 0 Å². The molecule has 3 N–H and O–H groups in total. The van der Waals surface area contributed by atoms with E-state index >= 15 is 0 Å². The number of anilines is 1. The van der Waals surface area contributed by atoms with Crippen molar-refractivity contribution in [3.05, 3.63) is 54.1 Å². The summed E-state index contributed by atoms with van der Waals surface area (Å²) in [7, 11) is -2.49. The van der Waals surface area contributed by atoms with Gasteiger partial charge in [-0.05, 0) is 55.5 Å². The molecule has 0 aliphatic carbocycles. The normalized spacial score (nSPS) is 10.6. The third kappa shape index (κ3) is 6.48. The minimum atomic E-state index is -3.83. The van der Waals surface area contributed by atoms with Crippen LogP contribution in [0.4, 0.5) is 10.5 Å². The highest BCUT2D eigenvalue weighted by Crippen LogP contribution is 2.20. The first kappa shape index (κ1) is 22.7. The number of urea groups is 1. The van der Waals surface area contributed by atoms with Gasteiger partial charge >= 0.3 is 12.0 Å². The molecule has 11 heteroatoms. The SMILES string of the molecule is CCOc1ccc(S(=O)(=O)Nc2ccc(C(=O)OCC(=O)NC(=O)NC)cc2)cc1. The minimum Gasteiger partial charge on any atom is -0.494 e. The lowest BCUT2D eigenvalue weighted by molar-refractivity contribution is -0.123. The zero-order chi connectivity index (χ0) is 22.1. The van der Waals surface area contributed by atoms with Crippen LogP contribution in [-0.4, -0.2) is 46.6 Å². The van der Waals surface area contributed by atoms with E-state index in [9.17, 15) is 22.8 Å². The van der Waals surface area contributed by atoms with Crippen molar-refractivity contribution >= 4 is 33.6 Å². The molecule has 0 aromatic heterocycles. The van der Waals surface area contributed by atoms with Gasteiger partial charge in [0.05, 0.1) is 17.1 Å². The van der Waals surface area contributed by atoms with Gasteiger partial charge in [-0.25, -0.2) is 18.0 Å². The number of carbonyl (C=O) groups excluding carboxylic acids is 3. The fourth-order valence-corrected chi connectivity index (χ4v) is 3.27. The van der Waals surface area contributed by atoms with Gasteiger partial charge in [-0.3, -0.25) is 14.8 Å². The van der Waals surface area contributed by atoms with Crippen molar-refractivity contribution in [2.24, 2.45) is 0 Å². The van der Waals surface area contributed by atoms with Crippen molar-refractivity contribution in [2.75, 3.05) is 25.0 Å². The summed E-state index contributed by atoms with van der Waals surface area (Å²) in [6.45, 7) is 1.65. The molecule has 0 unspecified atom stereocenters. The number of hydrogen-bond donors (Lipinski definition) is 3. The summed E-state index contributed by atoms with van der Waals surface area (Å²) in [5, 5.41) is 4.13. The summed E-state index contributed by atoms with van der Waals surface area (Å²) in [6, 6.07) is 10.7. The van der Waals surface area contributed by atoms with Gasteiger partial charge in [0.1, 0.15) is 5.75 Å². The van der Waals surface area contributed by atoms with E-state index < -0.39 is 34.5 Å². The molecule has 2 aromatic rings. The van der Waals surface area contributed by atoms with Crippen LogP contribution in [0.3, 0.4) is 0 Å². The summed E-state index contributed by atoms with van der Waals surface area (Å²) in [6.07, 6.45) is 0. The average Bonchev–Trinajstić information content (AvgIpc) is 2.73. The Balaban J connectivity index is 1.97. The van der Waals surface area contributed by atoms with E-state index in [0.29, 0.717) is 12.4 Å². The standard InChI is InChI=1S/C19H21N3O7S/c1-3-28-15-8-10-16(11-9-15)30(26,27)22-14-6-4-13(5-7-14)18(24)29-12-17(23)21-19(25)20-2/h4-11,22H,3,12H2,1-2H3,(H2,20,21,23,25). The maximum absolute atomic E-state index is 12.5. The Morgan fingerprint density at radius 1 is 0.967 bits per heavy atom. The summed E-state index contributed by atoms with van der Waals surface area (Å²) < 4.78 is 37.4. The number of benzene rings is 2. The first-order chi connectivity index (χ1) is 14.2. The van der Waals surface area contributed by atoms with E-state index in [1.165, 1.54) is 43.4 Å². The summed E-state index contributed by atoms with van der Waals surface area (Å²) in [5.74, 6) is -1.03. The molecule has 0 heterocycles. The largest absolute Gasteiger partial charge is 0.494 e. The third-order valence-electron chi connectivity index (χ3n) is 3.63. The van der Waals surface area contributed by atoms with Crippen molar-refractivity contribution in [3.8, 4) is 5.75 Å². The maximum Gasteiger partial charge on any atom is 0.338 e. The second-order valence-electron chi connectivity index (χ2n) is 5.79. The number of ether oxygens (including phenoxy) is 2. The van der Waals surface area contributed by atoms with Crippen LogP contribution < -0.4 is 20.1 Å². The topological polar surface area (TPSA) is 140 Å². The molecule has 0 aliphatic rings. The zero-order valence-electron chi connectivity index (χ0n) is 16.3. The number of imide groups is 1. The fraction of sp³-hybridized carbons (Fsp3) is 0.211. The van der Waals surface area contributed by atoms with Gasteiger partial charge in [-0.15, -0.1) is 0 Å². The number of esters is 1. The van der Waals surface area contributed by atoms with Crippen LogP contribution in [0.25, 0.3) is 0 Å². The highest BCUT2D eigenvalue weighted by molar-refractivity contribution is 7.92. The first-order valence-electron chi connectivity index (χ1n) is 8.79. The summed E-state index contributed by atoms with van der Waals surface area (Å²) >= 11 is 0. The van der Waals surface area contributed by atoms with Gasteiger partial charge in [0.25, 0.3) is 15.9 Å². The van der Waals surface area contributed by atoms with Crippen LogP contribution >= 0.6 is 0 Å². The van der Waals surface area contributed by atoms with Crippen LogP contribution in [0.1, 0.15) is 17.3 Å². The smallest absolute Gasteiger partial charge is 0.338 e. The van der Waals surface area contributed by atoms with Crippen molar-refractivity contribution in [2.45, 2.75) is 11.8 Å². The van der Waals surface area contributed by atoms with E-state index in [2.05, 4.69) is 10.0 Å². The van der Waals surface area contributed by atoms with Gasteiger partial charge in [0.15, 0.2) is 6.61 Å². The van der Waals surface area contributed by atoms with Crippen molar-refractivity contribution < 1.29 is 32.3 Å². The van der Waals surface area contributed by atoms with E-state index in [1.807, 2.05) is 12.2 Å². The molecule has 3 amide bonds. The molecule has 0 bridgehead atoms. The number of rotatable bonds is 8. The molecular weight excluding hydrogens is 414 g/mol. The molecule has 10 nitrogen and oxygen atoms in total. The molecule has 2 aromatic carbocycles. The highest BCUT2D eigenvalue weighted by Gasteiger charge is 2.16. The molecule has 0 fully saturated rings. The van der Waals surface area contributed by atoms with E-state index in [0.717, 1.165) is 0 Å². The number of carbonyl (C=O) groups is 3. The Kier molecular flexibility index (Phi) is 7.76. The summed E-state index contributed by atoms with van der Waals surface area (Å²) in [4.78, 5) is 34.4. The zero-order valence-corrected chi connectivity index (χ0v) is 17.1. The van der Waals surface area contributed by atoms with E-state index in [4.69, 9.17) is 9.47 Å². The van der Waals surface area contributed by atoms with Gasteiger partial charge < -0.3 is 14.8 Å². The van der Waals surface area contributed by atoms with Gasteiger partial charge in [-0.1, -0.05) is 0 Å². The second-order valence-corrected chi connectivity index (χ2v) is 7.47. The highest BCUT2D eigenvalue weighted by atomic mass is 32.2. The van der Waals surface area contributed by atoms with E-state index in [-0.39, 0.29) is 16.1 Å². The first-order valence-corrected chi connectivity index (χ1v) is 10.3. The van der Waals surface area contributed by atoms with Crippen LogP contribution in [0.2, 0.25) is 0 Å². The number of amides is 3. The number of hydrogen-bond acceptors (Lipinski definition) is 7. The third-order valence-corrected chi connectivity index (χ3v) is 5.03. The van der Waals surface area contributed by atoms with Crippen molar-refractivity contribution in [1.29, 1.82) is 0 Å². The Hall–Kier alpha value is -3.60. The summed E-state index contributed by atoms with van der Waals surface area (Å²) in [5.41, 5.74) is 0.338. The molecule has 0 saturated heterocycles. The van der Waals surface area contributed by atoms with Gasteiger partial charge in [0, 0.05) is 12.7 Å². The molecule has 0 saturated carbocycles. The van der Waals surface area contributed by atoms with Crippen LogP contribution in [0.5, 0.6) is 5.75 Å². The predicted octanol–water partition coefficient (Wildman–Crippen LogP) is 1.50. The Labute approximate surface area is 173 Å². The number of nitrogens with one attached hydrogen (secondary N) is 3. The molecule has 0 radical (unpaired) electrons. The Bertz CT molecular complexity index is 1000. The molecule has 160 valence electrons. The van der Waals surface area contributed by atoms with Gasteiger partial charge in [-0.2, -0.15) is 0 Å². The number of sulfonamides is 1. The van der Waals surface area contributed by atoms with Crippen LogP contribution in [0, 0.1) is 0 Å². The van der Waals surface area contributed by atoms with Crippen molar-refractivity contribution in [3.63, 3.8) is 0 Å². The lowest BCUT2D eigenvalue weighted by atomic mass is 10.2. The Morgan fingerprint density at radius 2 is 1.60 bits per heavy atom. The minimum absolute atomic E-state index is 0.0524. The average molecular weight is 435 g/mol. The molecule has 2 rings (SSSR count). The van der Waals surface area contributed by atoms with E-state index in [1.54, 1.807) is 12.1 Å². The van der Waals surface area contributed by atoms with Crippen LogP contribution in [-0.2, 0) is 19.6 Å². The maximum atomic E-state index is 12.5. The molecular formula is C19H21N3O7S. The van der Waals surface area contributed by atoms with Crippen LogP contribution in [0.15, 0.2) is 53.4 Å². The Morgan fingerprint density at radius 3 is 2.17 bits per heavy atom. The fourth-order valence-electron chi connectivity index (χ4n) is 2.21. The molecule has 30 heavy (non-hydrogen) atoms. The van der Waals surface area contributed by atoms with Crippen molar-refractivity contribution in [1.82, 2.24) is 10.6 Å². The molecule has 0 atom stereocenters. The lowest BCUT2D eigenvalue weighted by Crippen LogP contribution is -2.39. The molecule has 0 spiro atoms. The lowest BCUT2D eigenvalue weighted by Gasteiger charge is -2.10.